The molecule has 1 aromatic carbocycles. The van der Waals surface area contributed by atoms with Crippen LogP contribution in [0.2, 0.25) is 0 Å². The standard InChI is InChI=1S/C17H21NO3/c1-20-15-5-2-13(3-6-15)4-7-17(19)21-16-12-18-10-8-14(16)9-11-18/h2-7,14,16H,8-12H2,1H3/p+1/b7-4+/t16-/m1/s1. The second-order valence-electron chi connectivity index (χ2n) is 5.87. The molecule has 3 saturated heterocycles. The van der Waals surface area contributed by atoms with Crippen molar-refractivity contribution in [3.05, 3.63) is 35.9 Å². The van der Waals surface area contributed by atoms with E-state index in [-0.39, 0.29) is 12.1 Å². The first-order chi connectivity index (χ1) is 10.2. The van der Waals surface area contributed by atoms with E-state index in [0.717, 1.165) is 17.9 Å². The van der Waals surface area contributed by atoms with Gasteiger partial charge in [-0.25, -0.2) is 4.79 Å². The molecule has 4 heteroatoms. The number of esters is 1. The van der Waals surface area contributed by atoms with E-state index in [4.69, 9.17) is 9.47 Å². The topological polar surface area (TPSA) is 40.0 Å². The van der Waals surface area contributed by atoms with E-state index in [2.05, 4.69) is 0 Å². The van der Waals surface area contributed by atoms with Crippen LogP contribution < -0.4 is 9.64 Å². The maximum atomic E-state index is 11.9. The molecule has 1 aromatic rings. The zero-order valence-corrected chi connectivity index (χ0v) is 12.4. The van der Waals surface area contributed by atoms with Crippen molar-refractivity contribution < 1.29 is 19.2 Å². The van der Waals surface area contributed by atoms with Crippen LogP contribution in [0.5, 0.6) is 5.75 Å². The van der Waals surface area contributed by atoms with Crippen LogP contribution in [0.25, 0.3) is 6.08 Å². The highest BCUT2D eigenvalue weighted by atomic mass is 16.5. The molecule has 0 radical (unpaired) electrons. The number of benzene rings is 1. The van der Waals surface area contributed by atoms with E-state index in [1.54, 1.807) is 18.1 Å². The van der Waals surface area contributed by atoms with Crippen molar-refractivity contribution >= 4 is 12.0 Å². The lowest BCUT2D eigenvalue weighted by atomic mass is 9.86. The minimum atomic E-state index is -0.232. The molecule has 1 N–H and O–H groups in total. The smallest absolute Gasteiger partial charge is 0.331 e. The molecule has 0 spiro atoms. The highest BCUT2D eigenvalue weighted by molar-refractivity contribution is 5.87. The van der Waals surface area contributed by atoms with Gasteiger partial charge in [-0.15, -0.1) is 0 Å². The van der Waals surface area contributed by atoms with Gasteiger partial charge in [0, 0.05) is 24.8 Å². The zero-order valence-electron chi connectivity index (χ0n) is 12.4. The van der Waals surface area contributed by atoms with Gasteiger partial charge in [-0.05, 0) is 23.8 Å². The molecule has 2 bridgehead atoms. The summed E-state index contributed by atoms with van der Waals surface area (Å²) >= 11 is 0. The molecule has 3 aliphatic heterocycles. The molecule has 4 nitrogen and oxygen atoms in total. The first-order valence-electron chi connectivity index (χ1n) is 7.61. The van der Waals surface area contributed by atoms with Crippen LogP contribution >= 0.6 is 0 Å². The van der Waals surface area contributed by atoms with Crippen LogP contribution in [0.15, 0.2) is 30.3 Å². The average Bonchev–Trinajstić information content (AvgIpc) is 2.54. The summed E-state index contributed by atoms with van der Waals surface area (Å²) in [5, 5.41) is 0. The second-order valence-corrected chi connectivity index (χ2v) is 5.87. The van der Waals surface area contributed by atoms with Crippen LogP contribution in [0.1, 0.15) is 18.4 Å². The summed E-state index contributed by atoms with van der Waals surface area (Å²) in [6, 6.07) is 7.59. The number of nitrogens with one attached hydrogen (secondary N) is 1. The first kappa shape index (κ1) is 14.1. The van der Waals surface area contributed by atoms with Crippen molar-refractivity contribution in [3.63, 3.8) is 0 Å². The fraction of sp³-hybridized carbons (Fsp3) is 0.471. The lowest BCUT2D eigenvalue weighted by Crippen LogP contribution is -3.16. The molecule has 0 unspecified atom stereocenters. The molecule has 3 aliphatic rings. The van der Waals surface area contributed by atoms with Gasteiger partial charge in [-0.1, -0.05) is 12.1 Å². The minimum absolute atomic E-state index is 0.107. The second kappa shape index (κ2) is 6.31. The Hall–Kier alpha value is -1.81. The molecule has 0 amide bonds. The number of rotatable bonds is 4. The van der Waals surface area contributed by atoms with Crippen LogP contribution in [0.4, 0.5) is 0 Å². The summed E-state index contributed by atoms with van der Waals surface area (Å²) in [7, 11) is 1.64. The summed E-state index contributed by atoms with van der Waals surface area (Å²) in [6.45, 7) is 3.45. The fourth-order valence-electron chi connectivity index (χ4n) is 3.28. The third-order valence-electron chi connectivity index (χ3n) is 4.55. The Bertz CT molecular complexity index is 515. The normalized spacial score (nSPS) is 27.8. The Morgan fingerprint density at radius 2 is 1.95 bits per heavy atom. The monoisotopic (exact) mass is 288 g/mol. The van der Waals surface area contributed by atoms with Gasteiger partial charge >= 0.3 is 5.97 Å². The number of hydrogen-bond donors (Lipinski definition) is 1. The molecule has 112 valence electrons. The quantitative estimate of drug-likeness (QED) is 0.662. The molecular formula is C17H22NO3+. The molecule has 0 saturated carbocycles. The summed E-state index contributed by atoms with van der Waals surface area (Å²) in [6.07, 6.45) is 5.80. The van der Waals surface area contributed by atoms with E-state index in [0.29, 0.717) is 5.92 Å². The van der Waals surface area contributed by atoms with Gasteiger partial charge in [0.1, 0.15) is 12.3 Å². The third-order valence-corrected chi connectivity index (χ3v) is 4.55. The van der Waals surface area contributed by atoms with Gasteiger partial charge in [0.2, 0.25) is 0 Å². The van der Waals surface area contributed by atoms with E-state index >= 15 is 0 Å². The number of ether oxygens (including phenoxy) is 2. The van der Waals surface area contributed by atoms with Gasteiger partial charge in [0.05, 0.1) is 20.2 Å². The lowest BCUT2D eigenvalue weighted by molar-refractivity contribution is -0.920. The number of fused-ring (bicyclic) bond motifs is 3. The largest absolute Gasteiger partial charge is 0.497 e. The Balaban J connectivity index is 1.54. The molecule has 0 aromatic heterocycles. The number of methoxy groups -OCH3 is 1. The van der Waals surface area contributed by atoms with Crippen molar-refractivity contribution in [3.8, 4) is 5.75 Å². The van der Waals surface area contributed by atoms with Gasteiger partial charge in [-0.3, -0.25) is 0 Å². The summed E-state index contributed by atoms with van der Waals surface area (Å²) in [5.74, 6) is 1.15. The maximum Gasteiger partial charge on any atom is 0.331 e. The molecular weight excluding hydrogens is 266 g/mol. The number of carbonyl (C=O) groups is 1. The fourth-order valence-corrected chi connectivity index (χ4v) is 3.28. The number of quaternary nitrogens is 1. The molecule has 3 heterocycles. The van der Waals surface area contributed by atoms with E-state index in [9.17, 15) is 4.79 Å². The van der Waals surface area contributed by atoms with E-state index in [1.165, 1.54) is 32.0 Å². The van der Waals surface area contributed by atoms with Crippen LogP contribution in [0.3, 0.4) is 0 Å². The Kier molecular flexibility index (Phi) is 4.25. The van der Waals surface area contributed by atoms with E-state index in [1.807, 2.05) is 24.3 Å². The van der Waals surface area contributed by atoms with Crippen LogP contribution in [-0.4, -0.2) is 38.8 Å². The van der Waals surface area contributed by atoms with Crippen LogP contribution in [-0.2, 0) is 9.53 Å². The van der Waals surface area contributed by atoms with Gasteiger partial charge in [-0.2, -0.15) is 0 Å². The third kappa shape index (κ3) is 3.45. The van der Waals surface area contributed by atoms with Crippen molar-refractivity contribution in [2.45, 2.75) is 18.9 Å². The molecule has 21 heavy (non-hydrogen) atoms. The van der Waals surface area contributed by atoms with Gasteiger partial charge in [0.15, 0.2) is 6.10 Å². The number of carbonyl (C=O) groups excluding carboxylic acids is 1. The predicted molar refractivity (Wildman–Crippen MR) is 80.2 cm³/mol. The van der Waals surface area contributed by atoms with Gasteiger partial charge < -0.3 is 14.4 Å². The summed E-state index contributed by atoms with van der Waals surface area (Å²) in [5.41, 5.74) is 0.965. The maximum absolute atomic E-state index is 11.9. The highest BCUT2D eigenvalue weighted by Gasteiger charge is 2.39. The molecule has 3 fully saturated rings. The first-order valence-corrected chi connectivity index (χ1v) is 7.61. The van der Waals surface area contributed by atoms with Gasteiger partial charge in [0.25, 0.3) is 0 Å². The van der Waals surface area contributed by atoms with E-state index < -0.39 is 0 Å². The summed E-state index contributed by atoms with van der Waals surface area (Å²) in [4.78, 5) is 13.5. The predicted octanol–water partition coefficient (Wildman–Crippen LogP) is 0.929. The molecule has 4 rings (SSSR count). The Morgan fingerprint density at radius 3 is 2.52 bits per heavy atom. The Morgan fingerprint density at radius 1 is 1.24 bits per heavy atom. The highest BCUT2D eigenvalue weighted by Crippen LogP contribution is 2.21. The number of hydrogen-bond acceptors (Lipinski definition) is 3. The zero-order chi connectivity index (χ0) is 14.7. The van der Waals surface area contributed by atoms with Crippen molar-refractivity contribution in [1.29, 1.82) is 0 Å². The average molecular weight is 288 g/mol. The molecule has 1 atom stereocenters. The number of piperidine rings is 3. The molecule has 0 aliphatic carbocycles. The SMILES string of the molecule is COc1ccc(/C=C/C(=O)O[C@@H]2C[NH+]3CCC2CC3)cc1. The van der Waals surface area contributed by atoms with Crippen molar-refractivity contribution in [2.24, 2.45) is 5.92 Å². The van der Waals surface area contributed by atoms with Crippen molar-refractivity contribution in [2.75, 3.05) is 26.7 Å². The van der Waals surface area contributed by atoms with Crippen molar-refractivity contribution in [1.82, 2.24) is 0 Å². The Labute approximate surface area is 125 Å². The van der Waals surface area contributed by atoms with Crippen LogP contribution in [0, 0.1) is 5.92 Å². The minimum Gasteiger partial charge on any atom is -0.497 e. The summed E-state index contributed by atoms with van der Waals surface area (Å²) < 4.78 is 10.7. The lowest BCUT2D eigenvalue weighted by Gasteiger charge is -2.40.